The number of carbonyl (C=O) groups is 2. The molecule has 0 aliphatic heterocycles. The Balaban J connectivity index is 1.35. The standard InChI is InChI=1S/C25H20O8/c26-18-12-22(24(28)29)32-20-8-6-14(10-16(18)20)4-2-1-3-5-15-7-9-21-17(11-15)19(27)13-23(33-21)25(30)31/h6-13H,1-5H2,(H,28,29)(H,30,31). The molecule has 0 saturated heterocycles. The highest BCUT2D eigenvalue weighted by atomic mass is 16.4. The number of carboxylic acid groups (broad SMARTS) is 2. The lowest BCUT2D eigenvalue weighted by Gasteiger charge is -2.06. The summed E-state index contributed by atoms with van der Waals surface area (Å²) < 4.78 is 10.5. The maximum atomic E-state index is 12.2. The first kappa shape index (κ1) is 22.0. The summed E-state index contributed by atoms with van der Waals surface area (Å²) in [4.78, 5) is 46.4. The van der Waals surface area contributed by atoms with E-state index in [1.807, 2.05) is 12.1 Å². The Morgan fingerprint density at radius 3 is 1.45 bits per heavy atom. The monoisotopic (exact) mass is 448 g/mol. The largest absolute Gasteiger partial charge is 0.475 e. The fourth-order valence-corrected chi connectivity index (χ4v) is 3.76. The van der Waals surface area contributed by atoms with Crippen LogP contribution in [0.5, 0.6) is 0 Å². The Kier molecular flexibility index (Phi) is 6.08. The van der Waals surface area contributed by atoms with Crippen LogP contribution in [0.2, 0.25) is 0 Å². The Hall–Kier alpha value is -4.20. The number of unbranched alkanes of at least 4 members (excludes halogenated alkanes) is 2. The van der Waals surface area contributed by atoms with Gasteiger partial charge in [0.15, 0.2) is 10.9 Å². The lowest BCUT2D eigenvalue weighted by molar-refractivity contribution is 0.0653. The van der Waals surface area contributed by atoms with Gasteiger partial charge in [-0.3, -0.25) is 9.59 Å². The van der Waals surface area contributed by atoms with Gasteiger partial charge >= 0.3 is 11.9 Å². The van der Waals surface area contributed by atoms with E-state index in [-0.39, 0.29) is 33.5 Å². The molecule has 0 unspecified atom stereocenters. The molecule has 0 bridgehead atoms. The Morgan fingerprint density at radius 1 is 0.636 bits per heavy atom. The summed E-state index contributed by atoms with van der Waals surface area (Å²) in [5, 5.41) is 18.7. The molecule has 2 heterocycles. The van der Waals surface area contributed by atoms with Gasteiger partial charge in [-0.25, -0.2) is 9.59 Å². The van der Waals surface area contributed by atoms with Crippen LogP contribution in [0.15, 0.2) is 67.0 Å². The summed E-state index contributed by atoms with van der Waals surface area (Å²) in [5.74, 6) is -3.33. The average molecular weight is 448 g/mol. The fraction of sp³-hybridized carbons (Fsp3) is 0.200. The predicted octanol–water partition coefficient (Wildman–Crippen LogP) is 4.25. The molecule has 8 nitrogen and oxygen atoms in total. The van der Waals surface area contributed by atoms with Crippen molar-refractivity contribution in [2.24, 2.45) is 0 Å². The highest BCUT2D eigenvalue weighted by Gasteiger charge is 2.12. The lowest BCUT2D eigenvalue weighted by Crippen LogP contribution is -2.06. The SMILES string of the molecule is O=C(O)c1cc(=O)c2cc(CCCCCc3ccc4oc(C(=O)O)cc(=O)c4c3)ccc2o1. The third-order valence-corrected chi connectivity index (χ3v) is 5.44. The molecule has 33 heavy (non-hydrogen) atoms. The zero-order valence-electron chi connectivity index (χ0n) is 17.5. The number of hydrogen-bond donors (Lipinski definition) is 2. The topological polar surface area (TPSA) is 135 Å². The van der Waals surface area contributed by atoms with E-state index in [9.17, 15) is 19.2 Å². The highest BCUT2D eigenvalue weighted by molar-refractivity contribution is 5.88. The predicted molar refractivity (Wildman–Crippen MR) is 120 cm³/mol. The Bertz CT molecular complexity index is 1380. The first-order chi connectivity index (χ1) is 15.8. The number of aryl methyl sites for hydroxylation is 2. The van der Waals surface area contributed by atoms with Crippen LogP contribution in [0.1, 0.15) is 51.5 Å². The summed E-state index contributed by atoms with van der Waals surface area (Å²) in [5.41, 5.74) is 1.67. The molecular formula is C25H20O8. The van der Waals surface area contributed by atoms with E-state index in [4.69, 9.17) is 19.0 Å². The quantitative estimate of drug-likeness (QED) is 0.382. The maximum Gasteiger partial charge on any atom is 0.371 e. The van der Waals surface area contributed by atoms with E-state index in [2.05, 4.69) is 0 Å². The average Bonchev–Trinajstić information content (AvgIpc) is 2.79. The molecule has 0 radical (unpaired) electrons. The van der Waals surface area contributed by atoms with Crippen molar-refractivity contribution < 1.29 is 28.6 Å². The number of benzene rings is 2. The molecule has 2 aromatic heterocycles. The summed E-state index contributed by atoms with van der Waals surface area (Å²) in [6.45, 7) is 0. The summed E-state index contributed by atoms with van der Waals surface area (Å²) in [6.07, 6.45) is 4.23. The van der Waals surface area contributed by atoms with Crippen molar-refractivity contribution in [2.45, 2.75) is 32.1 Å². The molecule has 0 aliphatic carbocycles. The molecule has 0 aliphatic rings. The maximum absolute atomic E-state index is 12.2. The van der Waals surface area contributed by atoms with E-state index < -0.39 is 11.9 Å². The van der Waals surface area contributed by atoms with Gasteiger partial charge in [0.25, 0.3) is 0 Å². The zero-order valence-corrected chi connectivity index (χ0v) is 17.5. The molecule has 0 saturated carbocycles. The minimum absolute atomic E-state index is 0.250. The van der Waals surface area contributed by atoms with Crippen molar-refractivity contribution in [3.63, 3.8) is 0 Å². The van der Waals surface area contributed by atoms with Crippen LogP contribution in [0.25, 0.3) is 21.9 Å². The number of hydrogen-bond acceptors (Lipinski definition) is 6. The fourth-order valence-electron chi connectivity index (χ4n) is 3.76. The van der Waals surface area contributed by atoms with Crippen LogP contribution < -0.4 is 10.9 Å². The second-order valence-electron chi connectivity index (χ2n) is 7.78. The van der Waals surface area contributed by atoms with Crippen molar-refractivity contribution in [1.82, 2.24) is 0 Å². The summed E-state index contributed by atoms with van der Waals surface area (Å²) in [7, 11) is 0. The van der Waals surface area contributed by atoms with Gasteiger partial charge in [0.05, 0.1) is 10.8 Å². The van der Waals surface area contributed by atoms with Gasteiger partial charge in [0, 0.05) is 12.1 Å². The number of fused-ring (bicyclic) bond motifs is 2. The zero-order chi connectivity index (χ0) is 23.5. The molecule has 4 aromatic rings. The van der Waals surface area contributed by atoms with E-state index in [0.29, 0.717) is 10.8 Å². The van der Waals surface area contributed by atoms with Gasteiger partial charge in [-0.15, -0.1) is 0 Å². The highest BCUT2D eigenvalue weighted by Crippen LogP contribution is 2.19. The van der Waals surface area contributed by atoms with Crippen molar-refractivity contribution in [2.75, 3.05) is 0 Å². The smallest absolute Gasteiger partial charge is 0.371 e. The van der Waals surface area contributed by atoms with Crippen LogP contribution in [-0.4, -0.2) is 22.2 Å². The normalized spacial score (nSPS) is 11.2. The van der Waals surface area contributed by atoms with Gasteiger partial charge in [0.2, 0.25) is 11.5 Å². The molecular weight excluding hydrogens is 428 g/mol. The molecule has 0 fully saturated rings. The van der Waals surface area contributed by atoms with Gasteiger partial charge < -0.3 is 19.0 Å². The van der Waals surface area contributed by atoms with E-state index in [1.54, 1.807) is 24.3 Å². The van der Waals surface area contributed by atoms with E-state index in [1.165, 1.54) is 0 Å². The molecule has 2 N–H and O–H groups in total. The van der Waals surface area contributed by atoms with Crippen molar-refractivity contribution in [3.8, 4) is 0 Å². The second-order valence-corrected chi connectivity index (χ2v) is 7.78. The molecule has 0 spiro atoms. The van der Waals surface area contributed by atoms with Crippen LogP contribution >= 0.6 is 0 Å². The van der Waals surface area contributed by atoms with Crippen molar-refractivity contribution >= 4 is 33.9 Å². The summed E-state index contributed by atoms with van der Waals surface area (Å²) >= 11 is 0. The van der Waals surface area contributed by atoms with Gasteiger partial charge in [-0.1, -0.05) is 18.6 Å². The second kappa shape index (κ2) is 9.12. The Morgan fingerprint density at radius 2 is 1.06 bits per heavy atom. The first-order valence-corrected chi connectivity index (χ1v) is 10.4. The third kappa shape index (κ3) is 4.85. The minimum Gasteiger partial charge on any atom is -0.475 e. The van der Waals surface area contributed by atoms with Crippen LogP contribution in [-0.2, 0) is 12.8 Å². The van der Waals surface area contributed by atoms with Crippen molar-refractivity contribution in [3.05, 3.63) is 91.6 Å². The van der Waals surface area contributed by atoms with E-state index in [0.717, 1.165) is 55.4 Å². The molecule has 8 heteroatoms. The van der Waals surface area contributed by atoms with Crippen LogP contribution in [0.4, 0.5) is 0 Å². The molecule has 4 rings (SSSR count). The number of aromatic carboxylic acids is 2. The van der Waals surface area contributed by atoms with Gasteiger partial charge in [0.1, 0.15) is 11.2 Å². The molecule has 168 valence electrons. The van der Waals surface area contributed by atoms with Gasteiger partial charge in [-0.2, -0.15) is 0 Å². The summed E-state index contributed by atoms with van der Waals surface area (Å²) in [6, 6.07) is 12.3. The minimum atomic E-state index is -1.28. The molecule has 0 atom stereocenters. The van der Waals surface area contributed by atoms with Crippen LogP contribution in [0.3, 0.4) is 0 Å². The number of carboxylic acids is 2. The Labute approximate surface area is 186 Å². The molecule has 2 aromatic carbocycles. The molecule has 0 amide bonds. The first-order valence-electron chi connectivity index (χ1n) is 10.4. The third-order valence-electron chi connectivity index (χ3n) is 5.44. The van der Waals surface area contributed by atoms with Gasteiger partial charge in [-0.05, 0) is 61.1 Å². The van der Waals surface area contributed by atoms with Crippen LogP contribution in [0, 0.1) is 0 Å². The number of rotatable bonds is 8. The lowest BCUT2D eigenvalue weighted by atomic mass is 10.0. The van der Waals surface area contributed by atoms with E-state index >= 15 is 0 Å². The van der Waals surface area contributed by atoms with Crippen molar-refractivity contribution in [1.29, 1.82) is 0 Å².